The van der Waals surface area contributed by atoms with Crippen molar-refractivity contribution in [2.45, 2.75) is 52.4 Å². The lowest BCUT2D eigenvalue weighted by atomic mass is 9.85. The average molecular weight is 887 g/mol. The van der Waals surface area contributed by atoms with E-state index in [4.69, 9.17) is 9.72 Å². The van der Waals surface area contributed by atoms with Gasteiger partial charge < -0.3 is 4.74 Å². The fraction of sp³-hybridized carbons (Fsp3) is 0.129. The number of ether oxygens (including phenoxy) is 1. The highest BCUT2D eigenvalue weighted by molar-refractivity contribution is 6.09. The van der Waals surface area contributed by atoms with E-state index < -0.39 is 0 Å². The number of hydrogen-bond acceptors (Lipinski definition) is 2. The van der Waals surface area contributed by atoms with Crippen LogP contribution in [0, 0.1) is 5.82 Å². The topological polar surface area (TPSA) is 33.1 Å². The van der Waals surface area contributed by atoms with Gasteiger partial charge in [0.1, 0.15) is 23.1 Å². The standard InChI is InChI=1S/C62H51FN4O/c1-61(2,3)44-22-13-21-43(35-44)52-27-16-28-56-60(52)66(59-50(41-17-9-7-10-18-41)25-15-26-51(59)42-19-11-8-12-20-42)40-65(56)47-23-14-24-48(38-47)68-49-30-31-53-54-37-46(63)29-32-55(54)67(57(53)39-49)58-36-45(33-34-64-58)62(4,5)6/h7-39H,1-6H3/q+2. The number of pyridine rings is 1. The molecule has 0 fully saturated rings. The highest BCUT2D eigenvalue weighted by Crippen LogP contribution is 2.49. The van der Waals surface area contributed by atoms with Crippen LogP contribution in [-0.4, -0.2) is 15.6 Å². The number of fused-ring (bicyclic) bond motifs is 4. The molecule has 2 aromatic heterocycles. The quantitative estimate of drug-likeness (QED) is 0.142. The number of para-hydroxylation sites is 2. The number of rotatable bonds is 8. The van der Waals surface area contributed by atoms with Gasteiger partial charge in [0.05, 0.1) is 33.8 Å². The molecule has 10 aromatic rings. The van der Waals surface area contributed by atoms with E-state index in [1.54, 1.807) is 6.07 Å². The van der Waals surface area contributed by atoms with Crippen molar-refractivity contribution in [1.82, 2.24) is 18.7 Å². The zero-order chi connectivity index (χ0) is 46.7. The first-order valence-electron chi connectivity index (χ1n) is 23.2. The number of halogens is 1. The Balaban J connectivity index is 1.09. The van der Waals surface area contributed by atoms with Crippen molar-refractivity contribution in [3.63, 3.8) is 0 Å². The molecule has 0 aliphatic carbocycles. The SMILES string of the molecule is CC(C)(C)c1cccc(-c2cccc3c2[N+](c2c(-c4ccccc4)cccc2-c2ccccc2)=C=[N+]3c2cccc(Oc3ccc4c5cc(F)ccc5n(-c5cc(C(C)(C)C)ccn5)c4c3)c2)c1. The summed E-state index contributed by atoms with van der Waals surface area (Å²) in [7, 11) is 0. The van der Waals surface area contributed by atoms with Gasteiger partial charge in [-0.05, 0) is 115 Å². The van der Waals surface area contributed by atoms with Gasteiger partial charge in [-0.1, -0.05) is 145 Å². The van der Waals surface area contributed by atoms with Gasteiger partial charge in [-0.3, -0.25) is 4.57 Å². The predicted molar refractivity (Wildman–Crippen MR) is 280 cm³/mol. The Morgan fingerprint density at radius 3 is 1.81 bits per heavy atom. The summed E-state index contributed by atoms with van der Waals surface area (Å²) in [5, 5.41) is 1.73. The van der Waals surface area contributed by atoms with Crippen molar-refractivity contribution >= 4 is 50.6 Å². The fourth-order valence-corrected chi connectivity index (χ4v) is 9.49. The number of hydrogen-bond donors (Lipinski definition) is 0. The highest BCUT2D eigenvalue weighted by Gasteiger charge is 2.42. The molecular weight excluding hydrogens is 836 g/mol. The van der Waals surface area contributed by atoms with Crippen LogP contribution in [0.3, 0.4) is 0 Å². The van der Waals surface area contributed by atoms with Gasteiger partial charge in [0.2, 0.25) is 11.4 Å². The van der Waals surface area contributed by atoms with Crippen molar-refractivity contribution in [2.24, 2.45) is 0 Å². The Morgan fingerprint density at radius 1 is 0.485 bits per heavy atom. The van der Waals surface area contributed by atoms with E-state index in [1.165, 1.54) is 11.6 Å². The first kappa shape index (κ1) is 42.5. The Morgan fingerprint density at radius 2 is 1.10 bits per heavy atom. The highest BCUT2D eigenvalue weighted by atomic mass is 19.1. The summed E-state index contributed by atoms with van der Waals surface area (Å²) < 4.78 is 28.2. The smallest absolute Gasteiger partial charge is 0.457 e. The summed E-state index contributed by atoms with van der Waals surface area (Å²) in [4.78, 5) is 4.83. The van der Waals surface area contributed by atoms with E-state index in [-0.39, 0.29) is 16.6 Å². The first-order valence-corrected chi connectivity index (χ1v) is 23.2. The van der Waals surface area contributed by atoms with Crippen LogP contribution in [0.15, 0.2) is 200 Å². The third kappa shape index (κ3) is 7.69. The van der Waals surface area contributed by atoms with Crippen molar-refractivity contribution in [2.75, 3.05) is 0 Å². The first-order chi connectivity index (χ1) is 32.9. The molecule has 0 atom stereocenters. The second kappa shape index (κ2) is 16.6. The molecule has 0 amide bonds. The lowest BCUT2D eigenvalue weighted by molar-refractivity contribution is 0.483. The summed E-state index contributed by atoms with van der Waals surface area (Å²) in [6, 6.07) is 70.5. The third-order valence-electron chi connectivity index (χ3n) is 13.0. The van der Waals surface area contributed by atoms with E-state index in [0.29, 0.717) is 11.5 Å². The van der Waals surface area contributed by atoms with Crippen LogP contribution >= 0.6 is 0 Å². The van der Waals surface area contributed by atoms with Crippen LogP contribution in [0.2, 0.25) is 0 Å². The van der Waals surface area contributed by atoms with Gasteiger partial charge in [0, 0.05) is 35.2 Å². The molecule has 3 heterocycles. The minimum Gasteiger partial charge on any atom is -0.457 e. The molecule has 330 valence electrons. The van der Waals surface area contributed by atoms with Crippen LogP contribution in [0.25, 0.3) is 61.0 Å². The van der Waals surface area contributed by atoms with Crippen molar-refractivity contribution < 1.29 is 9.13 Å². The van der Waals surface area contributed by atoms with Crippen LogP contribution in [-0.2, 0) is 10.8 Å². The van der Waals surface area contributed by atoms with E-state index in [0.717, 1.165) is 89.3 Å². The predicted octanol–water partition coefficient (Wildman–Crippen LogP) is 16.6. The average Bonchev–Trinajstić information content (AvgIpc) is 3.89. The summed E-state index contributed by atoms with van der Waals surface area (Å²) in [5.74, 6) is 1.79. The van der Waals surface area contributed by atoms with Crippen LogP contribution < -0.4 is 13.9 Å². The molecule has 0 saturated carbocycles. The van der Waals surface area contributed by atoms with Gasteiger partial charge >= 0.3 is 11.7 Å². The minimum absolute atomic E-state index is 0.0357. The molecule has 68 heavy (non-hydrogen) atoms. The zero-order valence-corrected chi connectivity index (χ0v) is 39.1. The van der Waals surface area contributed by atoms with Gasteiger partial charge in [0.25, 0.3) is 5.69 Å². The maximum atomic E-state index is 14.8. The second-order valence-electron chi connectivity index (χ2n) is 19.6. The summed E-state index contributed by atoms with van der Waals surface area (Å²) in [5.41, 5.74) is 14.6. The van der Waals surface area contributed by atoms with Gasteiger partial charge in [0.15, 0.2) is 0 Å². The Labute approximate surface area is 397 Å². The minimum atomic E-state index is -0.286. The van der Waals surface area contributed by atoms with E-state index in [1.807, 2.05) is 42.6 Å². The zero-order valence-electron chi connectivity index (χ0n) is 39.1. The summed E-state index contributed by atoms with van der Waals surface area (Å²) >= 11 is 0. The fourth-order valence-electron chi connectivity index (χ4n) is 9.49. The van der Waals surface area contributed by atoms with E-state index in [2.05, 4.69) is 207 Å². The molecule has 1 aliphatic rings. The van der Waals surface area contributed by atoms with E-state index >= 15 is 0 Å². The van der Waals surface area contributed by atoms with Crippen molar-refractivity contribution in [3.05, 3.63) is 217 Å². The monoisotopic (exact) mass is 886 g/mol. The normalized spacial score (nSPS) is 12.6. The molecule has 0 radical (unpaired) electrons. The maximum Gasteiger partial charge on any atom is 0.503 e. The maximum absolute atomic E-state index is 14.8. The molecule has 0 unspecified atom stereocenters. The molecule has 1 aliphatic heterocycles. The summed E-state index contributed by atoms with van der Waals surface area (Å²) in [6.45, 7) is 13.4. The van der Waals surface area contributed by atoms with Gasteiger partial charge in [-0.25, -0.2) is 9.37 Å². The third-order valence-corrected chi connectivity index (χ3v) is 13.0. The lowest BCUT2D eigenvalue weighted by Gasteiger charge is -2.20. The molecule has 11 rings (SSSR count). The largest absolute Gasteiger partial charge is 0.503 e. The molecule has 5 nitrogen and oxygen atoms in total. The number of nitrogens with zero attached hydrogens (tertiary/aromatic N) is 4. The van der Waals surface area contributed by atoms with Crippen LogP contribution in [0.4, 0.5) is 27.1 Å². The number of benzene rings is 8. The molecule has 0 spiro atoms. The molecule has 6 heteroatoms. The number of aromatic nitrogens is 2. The molecule has 8 aromatic carbocycles. The molecule has 0 saturated heterocycles. The van der Waals surface area contributed by atoms with E-state index in [9.17, 15) is 4.39 Å². The van der Waals surface area contributed by atoms with Crippen molar-refractivity contribution in [3.8, 4) is 50.7 Å². The molecular formula is C62H51FN4O+2. The summed E-state index contributed by atoms with van der Waals surface area (Å²) in [6.07, 6.45) is 1.85. The van der Waals surface area contributed by atoms with Gasteiger partial charge in [-0.15, -0.1) is 0 Å². The van der Waals surface area contributed by atoms with Crippen LogP contribution in [0.1, 0.15) is 52.7 Å². The van der Waals surface area contributed by atoms with Gasteiger partial charge in [-0.2, -0.15) is 0 Å². The Hall–Kier alpha value is -8.18. The second-order valence-corrected chi connectivity index (χ2v) is 19.6. The lowest BCUT2D eigenvalue weighted by Crippen LogP contribution is -2.12. The Kier molecular flexibility index (Phi) is 10.4. The molecule has 0 bridgehead atoms. The van der Waals surface area contributed by atoms with Crippen LogP contribution in [0.5, 0.6) is 11.5 Å². The van der Waals surface area contributed by atoms with Crippen molar-refractivity contribution in [1.29, 1.82) is 0 Å². The molecule has 0 N–H and O–H groups in total. The Bertz CT molecular complexity index is 3600.